The molecule has 11 nitrogen and oxygen atoms in total. The zero-order chi connectivity index (χ0) is 26.9. The number of halogens is 2. The molecule has 2 amide bonds. The summed E-state index contributed by atoms with van der Waals surface area (Å²) in [4.78, 5) is 51.9. The number of carbonyl (C=O) groups excluding carboxylic acids is 4. The minimum absolute atomic E-state index is 0. The molecule has 3 aliphatic carbocycles. The Morgan fingerprint density at radius 3 is 2.38 bits per heavy atom. The predicted octanol–water partition coefficient (Wildman–Crippen LogP) is 1.42. The highest BCUT2D eigenvalue weighted by atomic mass is 79.9. The number of carbonyl (C=O) groups is 4. The highest BCUT2D eigenvalue weighted by molar-refractivity contribution is 9.10. The van der Waals surface area contributed by atoms with Crippen LogP contribution in [0.25, 0.3) is 0 Å². The van der Waals surface area contributed by atoms with Gasteiger partial charge in [0.25, 0.3) is 5.91 Å². The van der Waals surface area contributed by atoms with E-state index in [0.29, 0.717) is 5.56 Å². The predicted molar refractivity (Wildman–Crippen MR) is 141 cm³/mol. The first-order valence-electron chi connectivity index (χ1n) is 11.2. The minimum atomic E-state index is -2.70. The Labute approximate surface area is 230 Å². The second kappa shape index (κ2) is 9.86. The summed E-state index contributed by atoms with van der Waals surface area (Å²) in [5.41, 5.74) is 1.76. The number of anilines is 1. The number of aliphatic hydroxyl groups is 3. The number of aliphatic hydroxyl groups excluding tert-OH is 2. The molecule has 0 aliphatic heterocycles. The molecule has 0 bridgehead atoms. The van der Waals surface area contributed by atoms with Gasteiger partial charge in [0.15, 0.2) is 17.1 Å². The van der Waals surface area contributed by atoms with Gasteiger partial charge in [-0.25, -0.2) is 0 Å². The molecule has 0 heterocycles. The van der Waals surface area contributed by atoms with E-state index in [0.717, 1.165) is 0 Å². The molecule has 0 radical (unpaired) electrons. The lowest BCUT2D eigenvalue weighted by atomic mass is 9.58. The van der Waals surface area contributed by atoms with Crippen LogP contribution in [0.3, 0.4) is 0 Å². The standard InChI is InChI=1S/C24H26BrN3O8.BrH/c1-8(25)23(35)27-12-5-4-9-6-10-7-11-16(28(2)3)19(31)15(22(26)34)21(33)24(11,36)20(32)14(10)18(30)13(9)17(12)29;/h4-5,8,10-11,16,29,31-32,36H,6-7H2,1-3H3,(H2,26,34)(H,27,35);1H/t8?,10?,11?,16-,24-;/m0./s1. The molecule has 1 aromatic rings. The lowest BCUT2D eigenvalue weighted by Gasteiger charge is -2.50. The fourth-order valence-electron chi connectivity index (χ4n) is 5.56. The Hall–Kier alpha value is -2.74. The number of amides is 2. The summed E-state index contributed by atoms with van der Waals surface area (Å²) in [5, 5.41) is 46.9. The van der Waals surface area contributed by atoms with Crippen LogP contribution < -0.4 is 11.1 Å². The van der Waals surface area contributed by atoms with Gasteiger partial charge in [-0.3, -0.25) is 24.1 Å². The number of hydrogen-bond donors (Lipinski definition) is 6. The maximum atomic E-state index is 13.6. The number of nitrogens with two attached hydrogens (primary N) is 1. The van der Waals surface area contributed by atoms with Crippen molar-refractivity contribution >= 4 is 62.0 Å². The number of phenolic OH excluding ortho intramolecular Hbond substituents is 1. The molecule has 13 heteroatoms. The quantitative estimate of drug-likeness (QED) is 0.160. The third kappa shape index (κ3) is 4.17. The van der Waals surface area contributed by atoms with Gasteiger partial charge in [-0.05, 0) is 51.4 Å². The number of Topliss-reactive ketones (excluding diaryl/α,β-unsaturated/α-hetero) is 2. The molecule has 1 aromatic carbocycles. The van der Waals surface area contributed by atoms with Gasteiger partial charge in [-0.2, -0.15) is 0 Å². The van der Waals surface area contributed by atoms with E-state index in [1.165, 1.54) is 11.0 Å². The van der Waals surface area contributed by atoms with E-state index in [1.54, 1.807) is 27.1 Å². The first kappa shape index (κ1) is 28.8. The van der Waals surface area contributed by atoms with Gasteiger partial charge in [0.05, 0.1) is 22.1 Å². The van der Waals surface area contributed by atoms with Crippen molar-refractivity contribution in [1.82, 2.24) is 4.90 Å². The summed E-state index contributed by atoms with van der Waals surface area (Å²) in [6.45, 7) is 1.58. The zero-order valence-corrected chi connectivity index (χ0v) is 23.4. The number of likely N-dealkylation sites (N-methyl/N-ethyl adjacent to an activating group) is 1. The molecule has 0 saturated heterocycles. The number of fused-ring (bicyclic) bond motifs is 3. The molecule has 37 heavy (non-hydrogen) atoms. The highest BCUT2D eigenvalue weighted by Crippen LogP contribution is 2.52. The number of rotatable bonds is 4. The molecule has 4 rings (SSSR count). The van der Waals surface area contributed by atoms with Gasteiger partial charge in [0.1, 0.15) is 17.1 Å². The largest absolute Gasteiger partial charge is 0.510 e. The number of ketones is 2. The molecular weight excluding hydrogens is 618 g/mol. The molecule has 5 atom stereocenters. The Morgan fingerprint density at radius 2 is 1.84 bits per heavy atom. The Morgan fingerprint density at radius 1 is 1.22 bits per heavy atom. The van der Waals surface area contributed by atoms with Crippen molar-refractivity contribution in [3.8, 4) is 5.75 Å². The third-order valence-electron chi connectivity index (χ3n) is 7.21. The Kier molecular flexibility index (Phi) is 7.68. The number of nitrogens with zero attached hydrogens (tertiary/aromatic N) is 1. The normalized spacial score (nSPS) is 27.7. The zero-order valence-electron chi connectivity index (χ0n) is 20.1. The van der Waals surface area contributed by atoms with Crippen LogP contribution in [-0.4, -0.2) is 79.3 Å². The van der Waals surface area contributed by atoms with Gasteiger partial charge < -0.3 is 31.5 Å². The van der Waals surface area contributed by atoms with Crippen LogP contribution in [0.1, 0.15) is 29.3 Å². The molecule has 200 valence electrons. The van der Waals surface area contributed by atoms with Gasteiger partial charge in [0.2, 0.25) is 11.7 Å². The summed E-state index contributed by atoms with van der Waals surface area (Å²) in [6.07, 6.45) is 0.178. The number of primary amides is 1. The van der Waals surface area contributed by atoms with Crippen LogP contribution in [0.2, 0.25) is 0 Å². The number of benzene rings is 1. The second-order valence-corrected chi connectivity index (χ2v) is 10.9. The molecule has 0 fully saturated rings. The SMILES string of the molecule is Br.CC(Br)C(=O)Nc1ccc2c(c1O)C(=O)C1=C(O)[C@]3(O)C(=O)C(C(N)=O)=C(O)[C@@H](N(C)C)C3CC1C2. The fourth-order valence-corrected chi connectivity index (χ4v) is 5.67. The van der Waals surface area contributed by atoms with Gasteiger partial charge >= 0.3 is 0 Å². The van der Waals surface area contributed by atoms with Crippen LogP contribution in [0.5, 0.6) is 5.75 Å². The number of allylic oxidation sites excluding steroid dienone is 1. The summed E-state index contributed by atoms with van der Waals surface area (Å²) in [7, 11) is 3.13. The minimum Gasteiger partial charge on any atom is -0.510 e. The molecule has 3 unspecified atom stereocenters. The van der Waals surface area contributed by atoms with Crippen molar-refractivity contribution in [2.24, 2.45) is 17.6 Å². The first-order valence-corrected chi connectivity index (χ1v) is 12.1. The van der Waals surface area contributed by atoms with Crippen molar-refractivity contribution in [1.29, 1.82) is 0 Å². The maximum absolute atomic E-state index is 13.6. The summed E-state index contributed by atoms with van der Waals surface area (Å²) >= 11 is 3.12. The second-order valence-electron chi connectivity index (χ2n) is 9.56. The fraction of sp³-hybridized carbons (Fsp3) is 0.417. The molecule has 7 N–H and O–H groups in total. The number of aromatic hydroxyl groups is 1. The highest BCUT2D eigenvalue weighted by Gasteiger charge is 2.63. The molecular formula is C24H27Br2N3O8. The van der Waals surface area contributed by atoms with Crippen LogP contribution in [0.4, 0.5) is 5.69 Å². The first-order chi connectivity index (χ1) is 16.7. The molecule has 0 spiro atoms. The van der Waals surface area contributed by atoms with Gasteiger partial charge in [-0.1, -0.05) is 22.0 Å². The van der Waals surface area contributed by atoms with E-state index in [4.69, 9.17) is 5.73 Å². The van der Waals surface area contributed by atoms with E-state index in [1.807, 2.05) is 0 Å². The van der Waals surface area contributed by atoms with E-state index < -0.39 is 74.5 Å². The van der Waals surface area contributed by atoms with Crippen LogP contribution in [0, 0.1) is 11.8 Å². The van der Waals surface area contributed by atoms with E-state index >= 15 is 0 Å². The maximum Gasteiger partial charge on any atom is 0.255 e. The average molecular weight is 645 g/mol. The summed E-state index contributed by atoms with van der Waals surface area (Å²) in [5.74, 6) is -7.67. The van der Waals surface area contributed by atoms with Crippen LogP contribution >= 0.6 is 32.9 Å². The smallest absolute Gasteiger partial charge is 0.255 e. The number of nitrogens with one attached hydrogen (secondary N) is 1. The van der Waals surface area contributed by atoms with Crippen LogP contribution in [0.15, 0.2) is 34.8 Å². The van der Waals surface area contributed by atoms with Crippen molar-refractivity contribution in [2.45, 2.75) is 36.2 Å². The summed E-state index contributed by atoms with van der Waals surface area (Å²) < 4.78 is 0. The van der Waals surface area contributed by atoms with E-state index in [9.17, 15) is 39.6 Å². The van der Waals surface area contributed by atoms with Crippen molar-refractivity contribution in [3.05, 3.63) is 45.9 Å². The van der Waals surface area contributed by atoms with E-state index in [-0.39, 0.29) is 46.6 Å². The Bertz CT molecular complexity index is 1290. The van der Waals surface area contributed by atoms with Crippen molar-refractivity contribution in [3.63, 3.8) is 0 Å². The number of alkyl halides is 1. The van der Waals surface area contributed by atoms with Crippen molar-refractivity contribution in [2.75, 3.05) is 19.4 Å². The average Bonchev–Trinajstić information content (AvgIpc) is 2.77. The molecule has 3 aliphatic rings. The van der Waals surface area contributed by atoms with Crippen molar-refractivity contribution < 1.29 is 39.6 Å². The topological polar surface area (TPSA) is 190 Å². The van der Waals surface area contributed by atoms with Crippen LogP contribution in [-0.2, 0) is 20.8 Å². The van der Waals surface area contributed by atoms with Gasteiger partial charge in [-0.15, -0.1) is 17.0 Å². The third-order valence-corrected chi connectivity index (χ3v) is 7.63. The molecule has 0 saturated carbocycles. The van der Waals surface area contributed by atoms with E-state index in [2.05, 4.69) is 21.2 Å². The monoisotopic (exact) mass is 643 g/mol. The van der Waals surface area contributed by atoms with Gasteiger partial charge in [0, 0.05) is 11.5 Å². The number of hydrogen-bond acceptors (Lipinski definition) is 9. The Balaban J connectivity index is 0.00000380. The summed E-state index contributed by atoms with van der Waals surface area (Å²) in [6, 6.07) is 1.99. The lowest BCUT2D eigenvalue weighted by Crippen LogP contribution is -2.63. The lowest BCUT2D eigenvalue weighted by molar-refractivity contribution is -0.148. The number of phenols is 1. The molecule has 0 aromatic heterocycles.